The van der Waals surface area contributed by atoms with E-state index in [-0.39, 0.29) is 16.9 Å². The number of aryl methyl sites for hydroxylation is 1. The van der Waals surface area contributed by atoms with Crippen LogP contribution >= 0.6 is 0 Å². The molecule has 4 atom stereocenters. The molecule has 0 radical (unpaired) electrons. The Morgan fingerprint density at radius 3 is 2.84 bits per heavy atom. The number of benzene rings is 1. The van der Waals surface area contributed by atoms with Crippen LogP contribution in [0.5, 0.6) is 5.75 Å². The van der Waals surface area contributed by atoms with E-state index in [4.69, 9.17) is 10.5 Å². The third-order valence-corrected chi connectivity index (χ3v) is 6.73. The first kappa shape index (κ1) is 20.2. The average molecular weight is 427 g/mol. The molecule has 3 aromatic rings. The fraction of sp³-hybridized carbons (Fsp3) is 0.455. The average Bonchev–Trinajstić information content (AvgIpc) is 3.24. The lowest BCUT2D eigenvalue weighted by Gasteiger charge is -2.26. The van der Waals surface area contributed by atoms with Crippen LogP contribution in [-0.2, 0) is 13.0 Å². The van der Waals surface area contributed by atoms with Gasteiger partial charge in [0.05, 0.1) is 11.4 Å². The summed E-state index contributed by atoms with van der Waals surface area (Å²) < 4.78 is 22.3. The van der Waals surface area contributed by atoms with Crippen LogP contribution in [0.3, 0.4) is 0 Å². The van der Waals surface area contributed by atoms with Gasteiger partial charge in [0.1, 0.15) is 41.9 Å². The van der Waals surface area contributed by atoms with Crippen molar-refractivity contribution in [3.05, 3.63) is 46.7 Å². The van der Waals surface area contributed by atoms with Crippen LogP contribution in [0.2, 0.25) is 0 Å². The SMILES string of the molecule is Cc1cc(O[C@H]2C[C@@H](n3cc(F)c4c(N)ncnc43)[C@H](O)[C@@H]2O)c2c(c1C)CCNC2. The Morgan fingerprint density at radius 2 is 2.03 bits per heavy atom. The van der Waals surface area contributed by atoms with Gasteiger partial charge in [-0.3, -0.25) is 0 Å². The van der Waals surface area contributed by atoms with Crippen LogP contribution in [0.1, 0.15) is 34.7 Å². The highest BCUT2D eigenvalue weighted by molar-refractivity contribution is 5.86. The Balaban J connectivity index is 1.48. The Kier molecular flexibility index (Phi) is 4.84. The number of rotatable bonds is 3. The molecule has 5 N–H and O–H groups in total. The third kappa shape index (κ3) is 3.15. The number of nitrogens with zero attached hydrogens (tertiary/aromatic N) is 3. The number of hydrogen-bond acceptors (Lipinski definition) is 7. The van der Waals surface area contributed by atoms with Crippen molar-refractivity contribution in [2.24, 2.45) is 0 Å². The lowest BCUT2D eigenvalue weighted by molar-refractivity contribution is -0.0167. The molecule has 9 heteroatoms. The predicted octanol–water partition coefficient (Wildman–Crippen LogP) is 1.53. The van der Waals surface area contributed by atoms with Gasteiger partial charge in [0.25, 0.3) is 0 Å². The van der Waals surface area contributed by atoms with Crippen LogP contribution in [0.15, 0.2) is 18.6 Å². The molecule has 3 heterocycles. The van der Waals surface area contributed by atoms with Crippen molar-refractivity contribution in [1.29, 1.82) is 0 Å². The fourth-order valence-corrected chi connectivity index (χ4v) is 4.91. The minimum Gasteiger partial charge on any atom is -0.487 e. The number of nitrogen functional groups attached to an aromatic ring is 1. The molecule has 0 saturated heterocycles. The molecule has 2 aromatic heterocycles. The predicted molar refractivity (Wildman–Crippen MR) is 113 cm³/mol. The standard InChI is InChI=1S/C22H26FN5O3/c1-10-5-16(13-7-25-4-3-12(13)11(10)2)31-17-6-15(19(29)20(17)30)28-8-14(23)18-21(24)26-9-27-22(18)28/h5,8-9,15,17,19-20,25,29-30H,3-4,6-7H2,1-2H3,(H2,24,26,27)/t15-,17+,19+,20-/m1/s1. The molecule has 31 heavy (non-hydrogen) atoms. The van der Waals surface area contributed by atoms with Gasteiger partial charge in [0.15, 0.2) is 5.82 Å². The Hall–Kier alpha value is -2.75. The van der Waals surface area contributed by atoms with Gasteiger partial charge < -0.3 is 30.6 Å². The van der Waals surface area contributed by atoms with Gasteiger partial charge in [-0.1, -0.05) is 0 Å². The van der Waals surface area contributed by atoms with Gasteiger partial charge >= 0.3 is 0 Å². The number of aromatic nitrogens is 3. The molecule has 164 valence electrons. The largest absolute Gasteiger partial charge is 0.487 e. The first-order valence-electron chi connectivity index (χ1n) is 10.5. The molecule has 8 nitrogen and oxygen atoms in total. The van der Waals surface area contributed by atoms with Gasteiger partial charge in [-0.05, 0) is 49.6 Å². The number of ether oxygens (including phenoxy) is 1. The number of nitrogens with two attached hydrogens (primary N) is 1. The van der Waals surface area contributed by atoms with Crippen LogP contribution in [-0.4, -0.2) is 49.6 Å². The maximum Gasteiger partial charge on any atom is 0.154 e. The highest BCUT2D eigenvalue weighted by atomic mass is 19.1. The molecule has 0 bridgehead atoms. The van der Waals surface area contributed by atoms with Crippen molar-refractivity contribution >= 4 is 16.9 Å². The monoisotopic (exact) mass is 427 g/mol. The van der Waals surface area contributed by atoms with E-state index in [9.17, 15) is 14.6 Å². The maximum atomic E-state index is 14.5. The topological polar surface area (TPSA) is 118 Å². The molecule has 0 spiro atoms. The van der Waals surface area contributed by atoms with E-state index in [1.807, 2.05) is 13.0 Å². The Labute approximate surface area is 178 Å². The molecular formula is C22H26FN5O3. The van der Waals surface area contributed by atoms with Gasteiger partial charge in [-0.15, -0.1) is 0 Å². The molecule has 1 fully saturated rings. The molecule has 1 aliphatic heterocycles. The van der Waals surface area contributed by atoms with Crippen LogP contribution < -0.4 is 15.8 Å². The van der Waals surface area contributed by atoms with E-state index >= 15 is 0 Å². The van der Waals surface area contributed by atoms with Crippen molar-refractivity contribution in [3.8, 4) is 5.75 Å². The van der Waals surface area contributed by atoms with E-state index in [1.54, 1.807) is 0 Å². The van der Waals surface area contributed by atoms with Gasteiger partial charge in [0.2, 0.25) is 0 Å². The lowest BCUT2D eigenvalue weighted by atomic mass is 9.92. The summed E-state index contributed by atoms with van der Waals surface area (Å²) in [6.45, 7) is 5.78. The molecule has 2 aliphatic rings. The van der Waals surface area contributed by atoms with Crippen LogP contribution in [0.4, 0.5) is 10.2 Å². The summed E-state index contributed by atoms with van der Waals surface area (Å²) in [5, 5.41) is 25.0. The molecule has 1 aromatic carbocycles. The van der Waals surface area contributed by atoms with Crippen LogP contribution in [0.25, 0.3) is 11.0 Å². The normalized spacial score (nSPS) is 25.7. The minimum atomic E-state index is -1.14. The molecular weight excluding hydrogens is 401 g/mol. The number of hydrogen-bond donors (Lipinski definition) is 4. The van der Waals surface area contributed by atoms with E-state index in [1.165, 1.54) is 28.2 Å². The van der Waals surface area contributed by atoms with Crippen molar-refractivity contribution in [2.75, 3.05) is 12.3 Å². The first-order valence-corrected chi connectivity index (χ1v) is 10.5. The molecule has 0 amide bonds. The summed E-state index contributed by atoms with van der Waals surface area (Å²) in [4.78, 5) is 7.98. The number of halogens is 1. The van der Waals surface area contributed by atoms with Gasteiger partial charge in [-0.2, -0.15) is 0 Å². The second-order valence-corrected chi connectivity index (χ2v) is 8.48. The number of nitrogens with one attached hydrogen (secondary N) is 1. The molecule has 5 rings (SSSR count). The lowest BCUT2D eigenvalue weighted by Crippen LogP contribution is -2.35. The van der Waals surface area contributed by atoms with Crippen LogP contribution in [0, 0.1) is 19.7 Å². The maximum absolute atomic E-state index is 14.5. The van der Waals surface area contributed by atoms with Crippen molar-refractivity contribution in [1.82, 2.24) is 19.9 Å². The van der Waals surface area contributed by atoms with Gasteiger partial charge in [-0.25, -0.2) is 14.4 Å². The summed E-state index contributed by atoms with van der Waals surface area (Å²) in [5.74, 6) is 0.196. The van der Waals surface area contributed by atoms with E-state index in [2.05, 4.69) is 22.2 Å². The number of anilines is 1. The molecule has 1 aliphatic carbocycles. The summed E-state index contributed by atoms with van der Waals surface area (Å²) in [6.07, 6.45) is 0.815. The second kappa shape index (κ2) is 7.44. The van der Waals surface area contributed by atoms with E-state index in [0.29, 0.717) is 13.0 Å². The van der Waals surface area contributed by atoms with Gasteiger partial charge in [0, 0.05) is 24.7 Å². The number of aliphatic hydroxyl groups excluding tert-OH is 2. The highest BCUT2D eigenvalue weighted by Gasteiger charge is 2.45. The molecule has 0 unspecified atom stereocenters. The second-order valence-electron chi connectivity index (χ2n) is 8.48. The smallest absolute Gasteiger partial charge is 0.154 e. The number of aliphatic hydroxyl groups is 2. The molecule has 1 saturated carbocycles. The van der Waals surface area contributed by atoms with Crippen molar-refractivity contribution < 1.29 is 19.3 Å². The zero-order valence-electron chi connectivity index (χ0n) is 17.5. The zero-order chi connectivity index (χ0) is 21.9. The highest BCUT2D eigenvalue weighted by Crippen LogP contribution is 2.39. The quantitative estimate of drug-likeness (QED) is 0.501. The fourth-order valence-electron chi connectivity index (χ4n) is 4.91. The third-order valence-electron chi connectivity index (χ3n) is 6.73. The number of fused-ring (bicyclic) bond motifs is 2. The summed E-state index contributed by atoms with van der Waals surface area (Å²) >= 11 is 0. The van der Waals surface area contributed by atoms with E-state index < -0.39 is 30.2 Å². The Bertz CT molecular complexity index is 1160. The Morgan fingerprint density at radius 1 is 1.23 bits per heavy atom. The first-order chi connectivity index (χ1) is 14.9. The van der Waals surface area contributed by atoms with Crippen molar-refractivity contribution in [2.45, 2.75) is 57.6 Å². The summed E-state index contributed by atoms with van der Waals surface area (Å²) in [5.41, 5.74) is 10.9. The summed E-state index contributed by atoms with van der Waals surface area (Å²) in [7, 11) is 0. The zero-order valence-corrected chi connectivity index (χ0v) is 17.5. The van der Waals surface area contributed by atoms with E-state index in [0.717, 1.165) is 29.8 Å². The minimum absolute atomic E-state index is 0.0383. The summed E-state index contributed by atoms with van der Waals surface area (Å²) in [6, 6.07) is 1.38. The van der Waals surface area contributed by atoms with Crippen molar-refractivity contribution in [3.63, 3.8) is 0 Å².